The monoisotopic (exact) mass is 103 g/mol. The molecule has 1 aliphatic carbocycles. The summed E-state index contributed by atoms with van der Waals surface area (Å²) < 4.78 is 11.9. The van der Waals surface area contributed by atoms with Gasteiger partial charge in [0.25, 0.3) is 0 Å². The first-order chi connectivity index (χ1) is 3.33. The van der Waals surface area contributed by atoms with Crippen molar-refractivity contribution in [1.82, 2.24) is 0 Å². The molecule has 0 amide bonds. The standard InChI is InChI=1S/C5H10FN/c6-5-1-4(2-5)3-7/h4-5H,1-3,7H2. The van der Waals surface area contributed by atoms with Gasteiger partial charge < -0.3 is 5.73 Å². The number of rotatable bonds is 1. The smallest absolute Gasteiger partial charge is 0.101 e. The van der Waals surface area contributed by atoms with Gasteiger partial charge in [0.05, 0.1) is 0 Å². The van der Waals surface area contributed by atoms with Crippen LogP contribution < -0.4 is 5.73 Å². The maximum Gasteiger partial charge on any atom is 0.101 e. The Bertz CT molecular complexity index is 59.1. The Morgan fingerprint density at radius 3 is 2.29 bits per heavy atom. The van der Waals surface area contributed by atoms with Gasteiger partial charge in [0.2, 0.25) is 0 Å². The average molecular weight is 103 g/mol. The predicted molar refractivity (Wildman–Crippen MR) is 26.7 cm³/mol. The van der Waals surface area contributed by atoms with E-state index in [0.717, 1.165) is 0 Å². The van der Waals surface area contributed by atoms with Crippen molar-refractivity contribution < 1.29 is 4.39 Å². The Balaban J connectivity index is 2.06. The third kappa shape index (κ3) is 0.911. The molecular weight excluding hydrogens is 93.1 g/mol. The molecule has 0 aromatic rings. The van der Waals surface area contributed by atoms with Gasteiger partial charge in [-0.2, -0.15) is 0 Å². The Morgan fingerprint density at radius 1 is 1.57 bits per heavy atom. The maximum absolute atomic E-state index is 11.9. The number of hydrogen-bond donors (Lipinski definition) is 1. The van der Waals surface area contributed by atoms with Crippen LogP contribution in [-0.4, -0.2) is 12.7 Å². The molecule has 0 spiro atoms. The van der Waals surface area contributed by atoms with E-state index in [9.17, 15) is 4.39 Å². The number of alkyl halides is 1. The molecule has 0 atom stereocenters. The van der Waals surface area contributed by atoms with E-state index < -0.39 is 6.17 Å². The highest BCUT2D eigenvalue weighted by molar-refractivity contribution is 4.78. The Labute approximate surface area is 42.7 Å². The fourth-order valence-electron chi connectivity index (χ4n) is 0.847. The van der Waals surface area contributed by atoms with Crippen molar-refractivity contribution in [3.8, 4) is 0 Å². The van der Waals surface area contributed by atoms with E-state index in [1.165, 1.54) is 0 Å². The van der Waals surface area contributed by atoms with Gasteiger partial charge in [-0.05, 0) is 25.3 Å². The summed E-state index contributed by atoms with van der Waals surface area (Å²) in [5, 5.41) is 0. The molecule has 42 valence electrons. The van der Waals surface area contributed by atoms with E-state index in [1.807, 2.05) is 0 Å². The second-order valence-electron chi connectivity index (χ2n) is 2.17. The summed E-state index contributed by atoms with van der Waals surface area (Å²) in [5.41, 5.74) is 5.23. The van der Waals surface area contributed by atoms with E-state index in [-0.39, 0.29) is 0 Å². The molecule has 0 saturated heterocycles. The third-order valence-electron chi connectivity index (χ3n) is 1.51. The number of hydrogen-bond acceptors (Lipinski definition) is 1. The summed E-state index contributed by atoms with van der Waals surface area (Å²) in [5.74, 6) is 0.495. The predicted octanol–water partition coefficient (Wildman–Crippen LogP) is 0.693. The van der Waals surface area contributed by atoms with Crippen LogP contribution in [0.25, 0.3) is 0 Å². The molecule has 1 nitrogen and oxygen atoms in total. The largest absolute Gasteiger partial charge is 0.330 e. The van der Waals surface area contributed by atoms with Gasteiger partial charge in [0.1, 0.15) is 6.17 Å². The second kappa shape index (κ2) is 1.78. The third-order valence-corrected chi connectivity index (χ3v) is 1.51. The lowest BCUT2D eigenvalue weighted by Crippen LogP contribution is -2.30. The highest BCUT2D eigenvalue weighted by Gasteiger charge is 2.26. The molecule has 1 fully saturated rings. The van der Waals surface area contributed by atoms with Crippen molar-refractivity contribution in [2.24, 2.45) is 11.7 Å². The minimum absolute atomic E-state index is 0.495. The summed E-state index contributed by atoms with van der Waals surface area (Å²) in [4.78, 5) is 0. The van der Waals surface area contributed by atoms with Gasteiger partial charge in [0, 0.05) is 0 Å². The molecule has 7 heavy (non-hydrogen) atoms. The van der Waals surface area contributed by atoms with Crippen LogP contribution in [0.3, 0.4) is 0 Å². The van der Waals surface area contributed by atoms with Crippen LogP contribution in [-0.2, 0) is 0 Å². The number of halogens is 1. The lowest BCUT2D eigenvalue weighted by atomic mass is 9.84. The first kappa shape index (κ1) is 5.04. The van der Waals surface area contributed by atoms with Crippen molar-refractivity contribution >= 4 is 0 Å². The lowest BCUT2D eigenvalue weighted by molar-refractivity contribution is 0.137. The highest BCUT2D eigenvalue weighted by atomic mass is 19.1. The highest BCUT2D eigenvalue weighted by Crippen LogP contribution is 2.28. The van der Waals surface area contributed by atoms with Crippen LogP contribution in [0.15, 0.2) is 0 Å². The van der Waals surface area contributed by atoms with Gasteiger partial charge in [-0.3, -0.25) is 0 Å². The van der Waals surface area contributed by atoms with Crippen molar-refractivity contribution in [1.29, 1.82) is 0 Å². The van der Waals surface area contributed by atoms with Crippen molar-refractivity contribution in [2.45, 2.75) is 19.0 Å². The quantitative estimate of drug-likeness (QED) is 0.519. The van der Waals surface area contributed by atoms with E-state index >= 15 is 0 Å². The Hall–Kier alpha value is -0.110. The summed E-state index contributed by atoms with van der Waals surface area (Å²) in [6.45, 7) is 0.667. The van der Waals surface area contributed by atoms with E-state index in [1.54, 1.807) is 0 Å². The minimum Gasteiger partial charge on any atom is -0.330 e. The molecule has 0 bridgehead atoms. The van der Waals surface area contributed by atoms with Crippen LogP contribution in [0.4, 0.5) is 4.39 Å². The zero-order valence-corrected chi connectivity index (χ0v) is 4.23. The molecule has 2 N–H and O–H groups in total. The molecule has 2 heteroatoms. The second-order valence-corrected chi connectivity index (χ2v) is 2.17. The first-order valence-corrected chi connectivity index (χ1v) is 2.67. The van der Waals surface area contributed by atoms with Gasteiger partial charge in [-0.15, -0.1) is 0 Å². The van der Waals surface area contributed by atoms with Crippen LogP contribution in [0, 0.1) is 5.92 Å². The molecule has 1 rings (SSSR count). The molecule has 0 aromatic carbocycles. The average Bonchev–Trinajstić information content (AvgIpc) is 1.58. The number of nitrogens with two attached hydrogens (primary N) is 1. The Kier molecular flexibility index (Phi) is 1.28. The van der Waals surface area contributed by atoms with Crippen molar-refractivity contribution in [2.75, 3.05) is 6.54 Å². The molecule has 0 aliphatic heterocycles. The molecule has 1 aliphatic rings. The van der Waals surface area contributed by atoms with Gasteiger partial charge in [0.15, 0.2) is 0 Å². The van der Waals surface area contributed by atoms with E-state index in [2.05, 4.69) is 0 Å². The molecule has 0 radical (unpaired) electrons. The zero-order valence-electron chi connectivity index (χ0n) is 4.23. The van der Waals surface area contributed by atoms with Crippen LogP contribution >= 0.6 is 0 Å². The van der Waals surface area contributed by atoms with Gasteiger partial charge in [-0.1, -0.05) is 0 Å². The normalized spacial score (nSPS) is 40.3. The summed E-state index contributed by atoms with van der Waals surface area (Å²) >= 11 is 0. The zero-order chi connectivity index (χ0) is 5.28. The van der Waals surface area contributed by atoms with Crippen LogP contribution in [0.2, 0.25) is 0 Å². The molecule has 0 heterocycles. The van der Waals surface area contributed by atoms with E-state index in [0.29, 0.717) is 25.3 Å². The summed E-state index contributed by atoms with van der Waals surface area (Å²) in [6, 6.07) is 0. The first-order valence-electron chi connectivity index (χ1n) is 2.67. The molecule has 1 saturated carbocycles. The topological polar surface area (TPSA) is 26.0 Å². The van der Waals surface area contributed by atoms with Crippen molar-refractivity contribution in [3.05, 3.63) is 0 Å². The van der Waals surface area contributed by atoms with Crippen LogP contribution in [0.1, 0.15) is 12.8 Å². The van der Waals surface area contributed by atoms with Crippen LogP contribution in [0.5, 0.6) is 0 Å². The molecule has 0 aromatic heterocycles. The van der Waals surface area contributed by atoms with Gasteiger partial charge in [-0.25, -0.2) is 4.39 Å². The molecular formula is C5H10FN. The van der Waals surface area contributed by atoms with E-state index in [4.69, 9.17) is 5.73 Å². The summed E-state index contributed by atoms with van der Waals surface area (Å²) in [6.07, 6.45) is 0.876. The summed E-state index contributed by atoms with van der Waals surface area (Å²) in [7, 11) is 0. The SMILES string of the molecule is NCC1CC(F)C1. The fourth-order valence-corrected chi connectivity index (χ4v) is 0.847. The van der Waals surface area contributed by atoms with Gasteiger partial charge >= 0.3 is 0 Å². The van der Waals surface area contributed by atoms with Crippen molar-refractivity contribution in [3.63, 3.8) is 0 Å². The lowest BCUT2D eigenvalue weighted by Gasteiger charge is -2.27. The molecule has 0 unspecified atom stereocenters. The minimum atomic E-state index is -0.534. The Morgan fingerprint density at radius 2 is 2.14 bits per heavy atom. The maximum atomic E-state index is 11.9. The fraction of sp³-hybridized carbons (Fsp3) is 1.00.